The molecule has 0 aromatic heterocycles. The minimum absolute atomic E-state index is 0.474. The van der Waals surface area contributed by atoms with Crippen LogP contribution >= 0.6 is 15.9 Å². The van der Waals surface area contributed by atoms with Gasteiger partial charge >= 0.3 is 0 Å². The molecule has 0 atom stereocenters. The van der Waals surface area contributed by atoms with Crippen molar-refractivity contribution in [3.63, 3.8) is 0 Å². The van der Waals surface area contributed by atoms with E-state index in [4.69, 9.17) is 10.5 Å². The number of nitrogens with two attached hydrogens (primary N) is 1. The van der Waals surface area contributed by atoms with Gasteiger partial charge in [0.05, 0.1) is 7.11 Å². The summed E-state index contributed by atoms with van der Waals surface area (Å²) in [5.41, 5.74) is 9.03. The quantitative estimate of drug-likeness (QED) is 0.938. The Bertz CT molecular complexity index is 525. The van der Waals surface area contributed by atoms with Crippen molar-refractivity contribution in [2.45, 2.75) is 6.54 Å². The minimum atomic E-state index is 0.474. The van der Waals surface area contributed by atoms with Crippen LogP contribution in [0, 0.1) is 0 Å². The maximum Gasteiger partial charge on any atom is 0.123 e. The Hall–Kier alpha value is -1.32. The van der Waals surface area contributed by atoms with Gasteiger partial charge in [-0.15, -0.1) is 0 Å². The van der Waals surface area contributed by atoms with Gasteiger partial charge < -0.3 is 10.5 Å². The molecule has 2 aromatic carbocycles. The molecule has 0 aliphatic rings. The fraction of sp³-hybridized carbons (Fsp3) is 0.143. The molecule has 2 nitrogen and oxygen atoms in total. The van der Waals surface area contributed by atoms with Gasteiger partial charge in [0, 0.05) is 16.6 Å². The van der Waals surface area contributed by atoms with Crippen molar-refractivity contribution in [3.05, 3.63) is 52.5 Å². The Morgan fingerprint density at radius 3 is 2.59 bits per heavy atom. The molecule has 0 aliphatic carbocycles. The molecule has 0 spiro atoms. The van der Waals surface area contributed by atoms with Crippen LogP contribution in [-0.2, 0) is 6.54 Å². The highest BCUT2D eigenvalue weighted by atomic mass is 79.9. The molecular formula is C14H14BrNO. The molecule has 0 aliphatic heterocycles. The standard InChI is InChI=1S/C14H14BrNO/c1-17-14-7-6-10(8-11(14)9-16)12-4-2-3-5-13(12)15/h2-8H,9,16H2,1H3. The van der Waals surface area contributed by atoms with Gasteiger partial charge in [0.1, 0.15) is 5.75 Å². The third-order valence-electron chi connectivity index (χ3n) is 2.69. The molecule has 0 saturated heterocycles. The van der Waals surface area contributed by atoms with Crippen LogP contribution in [0.5, 0.6) is 5.75 Å². The van der Waals surface area contributed by atoms with Gasteiger partial charge in [0.2, 0.25) is 0 Å². The SMILES string of the molecule is COc1ccc(-c2ccccc2Br)cc1CN. The van der Waals surface area contributed by atoms with Gasteiger partial charge in [-0.2, -0.15) is 0 Å². The summed E-state index contributed by atoms with van der Waals surface area (Å²) in [7, 11) is 1.66. The number of rotatable bonds is 3. The highest BCUT2D eigenvalue weighted by Crippen LogP contribution is 2.31. The second-order valence-corrected chi connectivity index (χ2v) is 4.56. The van der Waals surface area contributed by atoms with Crippen LogP contribution in [-0.4, -0.2) is 7.11 Å². The number of methoxy groups -OCH3 is 1. The number of hydrogen-bond acceptors (Lipinski definition) is 2. The van der Waals surface area contributed by atoms with Gasteiger partial charge in [-0.1, -0.05) is 40.2 Å². The van der Waals surface area contributed by atoms with Crippen molar-refractivity contribution in [1.82, 2.24) is 0 Å². The zero-order valence-corrected chi connectivity index (χ0v) is 11.2. The van der Waals surface area contributed by atoms with E-state index in [0.29, 0.717) is 6.54 Å². The highest BCUT2D eigenvalue weighted by molar-refractivity contribution is 9.10. The fourth-order valence-electron chi connectivity index (χ4n) is 1.80. The van der Waals surface area contributed by atoms with E-state index in [9.17, 15) is 0 Å². The average molecular weight is 292 g/mol. The first-order valence-electron chi connectivity index (χ1n) is 5.38. The summed E-state index contributed by atoms with van der Waals surface area (Å²) in [6, 6.07) is 14.2. The Morgan fingerprint density at radius 1 is 1.18 bits per heavy atom. The minimum Gasteiger partial charge on any atom is -0.496 e. The molecular weight excluding hydrogens is 278 g/mol. The van der Waals surface area contributed by atoms with Gasteiger partial charge in [0.25, 0.3) is 0 Å². The fourth-order valence-corrected chi connectivity index (χ4v) is 2.31. The van der Waals surface area contributed by atoms with Crippen molar-refractivity contribution >= 4 is 15.9 Å². The maximum absolute atomic E-state index is 5.72. The first-order valence-corrected chi connectivity index (χ1v) is 6.17. The molecule has 0 saturated carbocycles. The molecule has 2 N–H and O–H groups in total. The number of benzene rings is 2. The Morgan fingerprint density at radius 2 is 1.94 bits per heavy atom. The van der Waals surface area contributed by atoms with Gasteiger partial charge in [-0.05, 0) is 29.3 Å². The predicted molar refractivity (Wildman–Crippen MR) is 74.0 cm³/mol. The van der Waals surface area contributed by atoms with E-state index in [-0.39, 0.29) is 0 Å². The van der Waals surface area contributed by atoms with Crippen LogP contribution in [0.4, 0.5) is 0 Å². The normalized spacial score (nSPS) is 10.3. The van der Waals surface area contributed by atoms with Crippen LogP contribution in [0.25, 0.3) is 11.1 Å². The van der Waals surface area contributed by atoms with Crippen LogP contribution in [0.2, 0.25) is 0 Å². The number of halogens is 1. The zero-order chi connectivity index (χ0) is 12.3. The lowest BCUT2D eigenvalue weighted by molar-refractivity contribution is 0.410. The van der Waals surface area contributed by atoms with Crippen LogP contribution in [0.1, 0.15) is 5.56 Å². The lowest BCUT2D eigenvalue weighted by atomic mass is 10.0. The molecule has 3 heteroatoms. The van der Waals surface area contributed by atoms with E-state index < -0.39 is 0 Å². The highest BCUT2D eigenvalue weighted by Gasteiger charge is 2.06. The van der Waals surface area contributed by atoms with E-state index in [1.807, 2.05) is 30.3 Å². The number of hydrogen-bond donors (Lipinski definition) is 1. The Kier molecular flexibility index (Phi) is 3.82. The van der Waals surface area contributed by atoms with Crippen molar-refractivity contribution in [3.8, 4) is 16.9 Å². The van der Waals surface area contributed by atoms with E-state index in [1.165, 1.54) is 0 Å². The molecule has 2 aromatic rings. The van der Waals surface area contributed by atoms with Crippen LogP contribution in [0.15, 0.2) is 46.9 Å². The lowest BCUT2D eigenvalue weighted by Gasteiger charge is -2.10. The monoisotopic (exact) mass is 291 g/mol. The van der Waals surface area contributed by atoms with E-state index in [1.54, 1.807) is 7.11 Å². The third-order valence-corrected chi connectivity index (χ3v) is 3.38. The zero-order valence-electron chi connectivity index (χ0n) is 9.61. The Labute approximate surface area is 110 Å². The Balaban J connectivity index is 2.50. The van der Waals surface area contributed by atoms with E-state index in [0.717, 1.165) is 26.9 Å². The molecule has 0 heterocycles. The van der Waals surface area contributed by atoms with Gasteiger partial charge in [-0.3, -0.25) is 0 Å². The molecule has 0 bridgehead atoms. The summed E-state index contributed by atoms with van der Waals surface area (Å²) in [6.45, 7) is 0.474. The summed E-state index contributed by atoms with van der Waals surface area (Å²) in [5.74, 6) is 0.836. The molecule has 0 unspecified atom stereocenters. The smallest absolute Gasteiger partial charge is 0.123 e. The molecule has 0 amide bonds. The topological polar surface area (TPSA) is 35.2 Å². The second-order valence-electron chi connectivity index (χ2n) is 3.71. The molecule has 0 fully saturated rings. The van der Waals surface area contributed by atoms with E-state index >= 15 is 0 Å². The van der Waals surface area contributed by atoms with Crippen molar-refractivity contribution in [1.29, 1.82) is 0 Å². The molecule has 2 rings (SSSR count). The summed E-state index contributed by atoms with van der Waals surface area (Å²) >= 11 is 3.55. The summed E-state index contributed by atoms with van der Waals surface area (Å²) < 4.78 is 6.34. The molecule has 0 radical (unpaired) electrons. The number of ether oxygens (including phenoxy) is 1. The average Bonchev–Trinajstić information content (AvgIpc) is 2.38. The van der Waals surface area contributed by atoms with Crippen LogP contribution < -0.4 is 10.5 Å². The molecule has 88 valence electrons. The van der Waals surface area contributed by atoms with Gasteiger partial charge in [0.15, 0.2) is 0 Å². The summed E-state index contributed by atoms with van der Waals surface area (Å²) in [4.78, 5) is 0. The van der Waals surface area contributed by atoms with Crippen molar-refractivity contribution in [2.24, 2.45) is 5.73 Å². The summed E-state index contributed by atoms with van der Waals surface area (Å²) in [6.07, 6.45) is 0. The largest absolute Gasteiger partial charge is 0.496 e. The predicted octanol–water partition coefficient (Wildman–Crippen LogP) is 3.58. The summed E-state index contributed by atoms with van der Waals surface area (Å²) in [5, 5.41) is 0. The molecule has 17 heavy (non-hydrogen) atoms. The third kappa shape index (κ3) is 2.51. The van der Waals surface area contributed by atoms with E-state index in [2.05, 4.69) is 28.1 Å². The maximum atomic E-state index is 5.72. The van der Waals surface area contributed by atoms with Gasteiger partial charge in [-0.25, -0.2) is 0 Å². The first-order chi connectivity index (χ1) is 8.26. The van der Waals surface area contributed by atoms with Crippen molar-refractivity contribution < 1.29 is 4.74 Å². The van der Waals surface area contributed by atoms with Crippen LogP contribution in [0.3, 0.4) is 0 Å². The second kappa shape index (κ2) is 5.34. The van der Waals surface area contributed by atoms with Crippen molar-refractivity contribution in [2.75, 3.05) is 7.11 Å². The first kappa shape index (κ1) is 12.1. The lowest BCUT2D eigenvalue weighted by Crippen LogP contribution is -2.00.